The molecule has 1 aromatic heterocycles. The van der Waals surface area contributed by atoms with Crippen LogP contribution in [0.15, 0.2) is 89.7 Å². The van der Waals surface area contributed by atoms with Crippen LogP contribution in [0.1, 0.15) is 23.0 Å². The minimum Gasteiger partial charge on any atom is -0.451 e. The third kappa shape index (κ3) is 4.98. The van der Waals surface area contributed by atoms with Crippen LogP contribution in [-0.2, 0) is 16.1 Å². The molecule has 0 bridgehead atoms. The van der Waals surface area contributed by atoms with Crippen molar-refractivity contribution in [3.05, 3.63) is 107 Å². The number of ether oxygens (including phenoxy) is 1. The zero-order valence-corrected chi connectivity index (χ0v) is 18.2. The van der Waals surface area contributed by atoms with Crippen LogP contribution in [0.5, 0.6) is 0 Å². The topological polar surface area (TPSA) is 81.5 Å². The largest absolute Gasteiger partial charge is 0.451 e. The summed E-state index contributed by atoms with van der Waals surface area (Å²) < 4.78 is 6.44. The highest BCUT2D eigenvalue weighted by Crippen LogP contribution is 2.26. The fourth-order valence-electron chi connectivity index (χ4n) is 3.63. The highest BCUT2D eigenvalue weighted by Gasteiger charge is 2.19. The number of aromatic nitrogens is 2. The van der Waals surface area contributed by atoms with Gasteiger partial charge in [0.1, 0.15) is 0 Å². The highest BCUT2D eigenvalue weighted by molar-refractivity contribution is 6.04. The second-order valence-electron chi connectivity index (χ2n) is 7.41. The number of nitrogens with zero attached hydrogens (tertiary/aromatic N) is 3. The maximum atomic E-state index is 12.9. The number of hydrogen-bond acceptors (Lipinski definition) is 5. The maximum absolute atomic E-state index is 12.9. The van der Waals surface area contributed by atoms with Crippen molar-refractivity contribution in [2.45, 2.75) is 13.5 Å². The molecule has 0 aliphatic rings. The van der Waals surface area contributed by atoms with Crippen LogP contribution in [0.25, 0.3) is 10.8 Å². The molecule has 0 saturated carbocycles. The molecule has 0 aliphatic heterocycles. The molecule has 1 heterocycles. The third-order valence-electron chi connectivity index (χ3n) is 5.25. The second kappa shape index (κ2) is 9.91. The Hall–Kier alpha value is -4.26. The van der Waals surface area contributed by atoms with E-state index in [1.165, 1.54) is 16.8 Å². The molecule has 7 nitrogen and oxygen atoms in total. The van der Waals surface area contributed by atoms with E-state index in [1.807, 2.05) is 79.7 Å². The zero-order chi connectivity index (χ0) is 23.2. The van der Waals surface area contributed by atoms with Crippen molar-refractivity contribution in [1.29, 1.82) is 0 Å². The first kappa shape index (κ1) is 22.0. The van der Waals surface area contributed by atoms with Crippen molar-refractivity contribution < 1.29 is 14.3 Å². The van der Waals surface area contributed by atoms with E-state index in [2.05, 4.69) is 5.10 Å². The quantitative estimate of drug-likeness (QED) is 0.409. The first-order valence-electron chi connectivity index (χ1n) is 10.6. The van der Waals surface area contributed by atoms with Gasteiger partial charge in [0.05, 0.1) is 12.2 Å². The van der Waals surface area contributed by atoms with Gasteiger partial charge in [-0.05, 0) is 30.0 Å². The van der Waals surface area contributed by atoms with Crippen molar-refractivity contribution >= 4 is 28.3 Å². The van der Waals surface area contributed by atoms with Gasteiger partial charge in [0, 0.05) is 18.0 Å². The van der Waals surface area contributed by atoms with Crippen LogP contribution in [0, 0.1) is 0 Å². The van der Waals surface area contributed by atoms with Crippen LogP contribution in [0.3, 0.4) is 0 Å². The van der Waals surface area contributed by atoms with E-state index in [4.69, 9.17) is 4.74 Å². The highest BCUT2D eigenvalue weighted by atomic mass is 16.5. The van der Waals surface area contributed by atoms with Gasteiger partial charge in [-0.15, -0.1) is 0 Å². The van der Waals surface area contributed by atoms with Crippen molar-refractivity contribution in [1.82, 2.24) is 9.78 Å². The molecule has 0 atom stereocenters. The molecule has 0 unspecified atom stereocenters. The molecule has 0 radical (unpaired) electrons. The van der Waals surface area contributed by atoms with Crippen LogP contribution in [0.4, 0.5) is 5.69 Å². The summed E-state index contributed by atoms with van der Waals surface area (Å²) in [6, 6.07) is 25.4. The van der Waals surface area contributed by atoms with Gasteiger partial charge in [0.25, 0.3) is 11.5 Å². The molecule has 33 heavy (non-hydrogen) atoms. The van der Waals surface area contributed by atoms with Crippen molar-refractivity contribution in [2.24, 2.45) is 0 Å². The summed E-state index contributed by atoms with van der Waals surface area (Å²) in [5.41, 5.74) is 1.26. The van der Waals surface area contributed by atoms with Crippen LogP contribution in [-0.4, -0.2) is 34.8 Å². The lowest BCUT2D eigenvalue weighted by Gasteiger charge is -2.22. The van der Waals surface area contributed by atoms with E-state index in [0.717, 1.165) is 22.0 Å². The first-order chi connectivity index (χ1) is 16.1. The van der Waals surface area contributed by atoms with Crippen LogP contribution < -0.4 is 10.5 Å². The predicted octanol–water partition coefficient (Wildman–Crippen LogP) is 3.65. The van der Waals surface area contributed by atoms with Gasteiger partial charge in [-0.25, -0.2) is 9.48 Å². The molecule has 3 aromatic carbocycles. The molecule has 1 amide bonds. The molecule has 0 saturated heterocycles. The van der Waals surface area contributed by atoms with Crippen molar-refractivity contribution in [3.63, 3.8) is 0 Å². The number of hydrogen-bond donors (Lipinski definition) is 0. The third-order valence-corrected chi connectivity index (χ3v) is 5.25. The zero-order valence-electron chi connectivity index (χ0n) is 18.2. The first-order valence-corrected chi connectivity index (χ1v) is 10.6. The maximum Gasteiger partial charge on any atom is 0.359 e. The minimum absolute atomic E-state index is 0.0356. The van der Waals surface area contributed by atoms with Gasteiger partial charge in [-0.2, -0.15) is 5.10 Å². The predicted molar refractivity (Wildman–Crippen MR) is 126 cm³/mol. The van der Waals surface area contributed by atoms with Gasteiger partial charge < -0.3 is 9.64 Å². The molecular weight excluding hydrogens is 418 g/mol. The lowest BCUT2D eigenvalue weighted by molar-refractivity contribution is -0.121. The molecule has 4 aromatic rings. The number of carbonyl (C=O) groups is 2. The van der Waals surface area contributed by atoms with Gasteiger partial charge in [0.2, 0.25) is 0 Å². The summed E-state index contributed by atoms with van der Waals surface area (Å²) in [4.78, 5) is 39.2. The Balaban J connectivity index is 1.47. The summed E-state index contributed by atoms with van der Waals surface area (Å²) in [7, 11) is 0. The standard InChI is InChI=1S/C26H23N3O4/c1-2-28(23-14-8-12-20-11-6-7-13-21(20)23)25(31)18-33-26(32)22-15-16-24(30)29(27-22)17-19-9-4-3-5-10-19/h3-16H,2,17-18H2,1H3. The average molecular weight is 441 g/mol. The normalized spacial score (nSPS) is 10.7. The number of fused-ring (bicyclic) bond motifs is 1. The Morgan fingerprint density at radius 1 is 0.909 bits per heavy atom. The minimum atomic E-state index is -0.765. The Bertz CT molecular complexity index is 1340. The smallest absolute Gasteiger partial charge is 0.359 e. The number of carbonyl (C=O) groups excluding carboxylic acids is 2. The second-order valence-corrected chi connectivity index (χ2v) is 7.41. The summed E-state index contributed by atoms with van der Waals surface area (Å²) in [6.07, 6.45) is 0. The van der Waals surface area contributed by atoms with Gasteiger partial charge >= 0.3 is 5.97 Å². The number of likely N-dealkylation sites (N-methyl/N-ethyl adjacent to an activating group) is 1. The van der Waals surface area contributed by atoms with E-state index in [-0.39, 0.29) is 23.7 Å². The Kier molecular flexibility index (Phi) is 6.59. The SMILES string of the molecule is CCN(C(=O)COC(=O)c1ccc(=O)n(Cc2ccccc2)n1)c1cccc2ccccc12. The average Bonchev–Trinajstić information content (AvgIpc) is 2.85. The molecule has 0 N–H and O–H groups in total. The van der Waals surface area contributed by atoms with E-state index >= 15 is 0 Å². The number of amides is 1. The Morgan fingerprint density at radius 3 is 2.42 bits per heavy atom. The van der Waals surface area contributed by atoms with Crippen molar-refractivity contribution in [3.8, 4) is 0 Å². The molecule has 166 valence electrons. The van der Waals surface area contributed by atoms with Crippen LogP contribution >= 0.6 is 0 Å². The number of rotatable bonds is 7. The molecule has 4 rings (SSSR count). The summed E-state index contributed by atoms with van der Waals surface area (Å²) >= 11 is 0. The van der Waals surface area contributed by atoms with E-state index in [1.54, 1.807) is 4.90 Å². The van der Waals surface area contributed by atoms with Crippen LogP contribution in [0.2, 0.25) is 0 Å². The van der Waals surface area contributed by atoms with Gasteiger partial charge in [-0.1, -0.05) is 66.7 Å². The molecule has 0 fully saturated rings. The summed E-state index contributed by atoms with van der Waals surface area (Å²) in [5.74, 6) is -1.11. The fourth-order valence-corrected chi connectivity index (χ4v) is 3.63. The summed E-state index contributed by atoms with van der Waals surface area (Å²) in [5, 5.41) is 6.07. The lowest BCUT2D eigenvalue weighted by atomic mass is 10.1. The number of benzene rings is 3. The van der Waals surface area contributed by atoms with Gasteiger partial charge in [-0.3, -0.25) is 9.59 Å². The van der Waals surface area contributed by atoms with E-state index in [9.17, 15) is 14.4 Å². The lowest BCUT2D eigenvalue weighted by Crippen LogP contribution is -2.35. The van der Waals surface area contributed by atoms with E-state index < -0.39 is 12.6 Å². The molecule has 0 aliphatic carbocycles. The van der Waals surface area contributed by atoms with Gasteiger partial charge in [0.15, 0.2) is 12.3 Å². The van der Waals surface area contributed by atoms with E-state index in [0.29, 0.717) is 6.54 Å². The summed E-state index contributed by atoms with van der Waals surface area (Å²) in [6.45, 7) is 2.08. The number of esters is 1. The Morgan fingerprint density at radius 2 is 1.64 bits per heavy atom. The molecular formula is C26H23N3O4. The molecule has 0 spiro atoms. The van der Waals surface area contributed by atoms with Crippen molar-refractivity contribution in [2.75, 3.05) is 18.1 Å². The molecule has 7 heteroatoms. The number of anilines is 1. The fraction of sp³-hybridized carbons (Fsp3) is 0.154. The Labute approximate surface area is 190 Å². The monoisotopic (exact) mass is 441 g/mol.